The van der Waals surface area contributed by atoms with Crippen LogP contribution in [0.1, 0.15) is 6.92 Å². The summed E-state index contributed by atoms with van der Waals surface area (Å²) in [6.45, 7) is 4.89. The molecule has 0 saturated heterocycles. The van der Waals surface area contributed by atoms with E-state index in [1.165, 1.54) is 6.08 Å². The molecule has 1 atom stereocenters. The van der Waals surface area contributed by atoms with Crippen LogP contribution in [-0.2, 0) is 0 Å². The quantitative estimate of drug-likeness (QED) is 0.358. The minimum Gasteiger partial charge on any atom is -0.381 e. The molecule has 0 aromatic heterocycles. The molecule has 0 saturated carbocycles. The summed E-state index contributed by atoms with van der Waals surface area (Å²) in [6.07, 6.45) is 0.909. The molecule has 1 heteroatoms. The standard InChI is InChI=1S/C7H8O/c1-3-4-5-6-7(2)8/h4,7-8H,1H2,2H3. The summed E-state index contributed by atoms with van der Waals surface area (Å²) in [4.78, 5) is 0. The van der Waals surface area contributed by atoms with Gasteiger partial charge in [0, 0.05) is 6.08 Å². The molecule has 0 fully saturated rings. The average Bonchev–Trinajstić information content (AvgIpc) is 1.66. The Balaban J connectivity index is 3.67. The first-order chi connectivity index (χ1) is 3.77. The van der Waals surface area contributed by atoms with Gasteiger partial charge in [-0.25, -0.2) is 0 Å². The molecule has 0 aliphatic rings. The molecule has 0 aliphatic carbocycles. The molecule has 8 heavy (non-hydrogen) atoms. The predicted molar refractivity (Wildman–Crippen MR) is 33.2 cm³/mol. The molecule has 0 radical (unpaired) electrons. The maximum Gasteiger partial charge on any atom is 0.112 e. The summed E-state index contributed by atoms with van der Waals surface area (Å²) in [6, 6.07) is 0. The summed E-state index contributed by atoms with van der Waals surface area (Å²) in [7, 11) is 0. The first-order valence-corrected chi connectivity index (χ1v) is 2.31. The Bertz CT molecular complexity index is 151. The molecule has 0 spiro atoms. The van der Waals surface area contributed by atoms with E-state index in [1.807, 2.05) is 0 Å². The summed E-state index contributed by atoms with van der Waals surface area (Å²) in [5.41, 5.74) is 2.46. The van der Waals surface area contributed by atoms with Crippen molar-refractivity contribution in [2.24, 2.45) is 0 Å². The minimum absolute atomic E-state index is 0.556. The smallest absolute Gasteiger partial charge is 0.112 e. The molecule has 1 unspecified atom stereocenters. The van der Waals surface area contributed by atoms with Gasteiger partial charge in [0.05, 0.1) is 0 Å². The zero-order valence-electron chi connectivity index (χ0n) is 4.81. The lowest BCUT2D eigenvalue weighted by atomic mass is 10.4. The molecule has 0 amide bonds. The molecule has 0 aromatic rings. The van der Waals surface area contributed by atoms with Crippen molar-refractivity contribution >= 4 is 0 Å². The van der Waals surface area contributed by atoms with Crippen LogP contribution >= 0.6 is 0 Å². The van der Waals surface area contributed by atoms with Gasteiger partial charge in [0.1, 0.15) is 6.10 Å². The van der Waals surface area contributed by atoms with Crippen molar-refractivity contribution in [3.05, 3.63) is 18.4 Å². The second kappa shape index (κ2) is 4.21. The van der Waals surface area contributed by atoms with Gasteiger partial charge in [-0.05, 0) is 6.92 Å². The van der Waals surface area contributed by atoms with Crippen molar-refractivity contribution in [3.63, 3.8) is 0 Å². The second-order valence-electron chi connectivity index (χ2n) is 1.31. The first kappa shape index (κ1) is 7.04. The maximum atomic E-state index is 8.54. The Morgan fingerprint density at radius 2 is 2.38 bits per heavy atom. The number of aliphatic hydroxyl groups excluding tert-OH is 1. The van der Waals surface area contributed by atoms with Crippen molar-refractivity contribution in [2.75, 3.05) is 0 Å². The summed E-state index contributed by atoms with van der Waals surface area (Å²) >= 11 is 0. The van der Waals surface area contributed by atoms with Crippen LogP contribution in [0.15, 0.2) is 18.4 Å². The Labute approximate surface area is 49.3 Å². The van der Waals surface area contributed by atoms with Crippen molar-refractivity contribution in [1.82, 2.24) is 0 Å². The average molecular weight is 108 g/mol. The van der Waals surface area contributed by atoms with Gasteiger partial charge in [-0.2, -0.15) is 0 Å². The Morgan fingerprint density at radius 3 is 2.75 bits per heavy atom. The molecule has 42 valence electrons. The summed E-state index contributed by atoms with van der Waals surface area (Å²) in [5, 5.41) is 8.54. The minimum atomic E-state index is -0.556. The topological polar surface area (TPSA) is 20.2 Å². The van der Waals surface area contributed by atoms with E-state index in [0.29, 0.717) is 0 Å². The van der Waals surface area contributed by atoms with Gasteiger partial charge < -0.3 is 5.11 Å². The molecule has 0 aromatic carbocycles. The SMILES string of the molecule is C=C=CC#CC(C)O. The van der Waals surface area contributed by atoms with Crippen molar-refractivity contribution < 1.29 is 5.11 Å². The lowest BCUT2D eigenvalue weighted by Gasteiger charge is -1.82. The summed E-state index contributed by atoms with van der Waals surface area (Å²) in [5.74, 6) is 5.03. The van der Waals surface area contributed by atoms with Crippen LogP contribution in [0.25, 0.3) is 0 Å². The number of hydrogen-bond donors (Lipinski definition) is 1. The van der Waals surface area contributed by atoms with Crippen LogP contribution in [0.5, 0.6) is 0 Å². The van der Waals surface area contributed by atoms with E-state index >= 15 is 0 Å². The van der Waals surface area contributed by atoms with Crippen LogP contribution in [0.2, 0.25) is 0 Å². The van der Waals surface area contributed by atoms with Gasteiger partial charge in [-0.1, -0.05) is 18.4 Å². The molecule has 0 rings (SSSR count). The van der Waals surface area contributed by atoms with E-state index in [2.05, 4.69) is 24.2 Å². The molecule has 0 bridgehead atoms. The van der Waals surface area contributed by atoms with Gasteiger partial charge in [0.15, 0.2) is 0 Å². The van der Waals surface area contributed by atoms with E-state index in [0.717, 1.165) is 0 Å². The van der Waals surface area contributed by atoms with E-state index in [-0.39, 0.29) is 0 Å². The van der Waals surface area contributed by atoms with Crippen molar-refractivity contribution in [3.8, 4) is 11.8 Å². The van der Waals surface area contributed by atoms with E-state index in [4.69, 9.17) is 5.11 Å². The fourth-order valence-corrected chi connectivity index (χ4v) is 0.213. The highest BCUT2D eigenvalue weighted by atomic mass is 16.3. The van der Waals surface area contributed by atoms with Crippen LogP contribution in [0, 0.1) is 11.8 Å². The van der Waals surface area contributed by atoms with Gasteiger partial charge in [-0.15, -0.1) is 5.73 Å². The Kier molecular flexibility index (Phi) is 3.70. The number of rotatable bonds is 0. The van der Waals surface area contributed by atoms with E-state index in [1.54, 1.807) is 6.92 Å². The molecule has 0 heterocycles. The van der Waals surface area contributed by atoms with Crippen LogP contribution in [-0.4, -0.2) is 11.2 Å². The summed E-state index contributed by atoms with van der Waals surface area (Å²) < 4.78 is 0. The van der Waals surface area contributed by atoms with Gasteiger partial charge in [-0.3, -0.25) is 0 Å². The Morgan fingerprint density at radius 1 is 1.75 bits per heavy atom. The molecule has 1 nitrogen and oxygen atoms in total. The third-order valence-corrected chi connectivity index (χ3v) is 0.466. The highest BCUT2D eigenvalue weighted by Gasteiger charge is 1.78. The van der Waals surface area contributed by atoms with Gasteiger partial charge >= 0.3 is 0 Å². The number of hydrogen-bond acceptors (Lipinski definition) is 1. The van der Waals surface area contributed by atoms with Crippen LogP contribution < -0.4 is 0 Å². The van der Waals surface area contributed by atoms with Gasteiger partial charge in [0.25, 0.3) is 0 Å². The Hall–Kier alpha value is -0.960. The zero-order chi connectivity index (χ0) is 6.41. The molecular weight excluding hydrogens is 100 g/mol. The van der Waals surface area contributed by atoms with Crippen molar-refractivity contribution in [2.45, 2.75) is 13.0 Å². The highest BCUT2D eigenvalue weighted by Crippen LogP contribution is 1.71. The highest BCUT2D eigenvalue weighted by molar-refractivity contribution is 5.15. The van der Waals surface area contributed by atoms with E-state index in [9.17, 15) is 0 Å². The molecule has 1 N–H and O–H groups in total. The number of allylic oxidation sites excluding steroid dienone is 1. The molecular formula is C7H8O. The lowest BCUT2D eigenvalue weighted by Crippen LogP contribution is -1.91. The van der Waals surface area contributed by atoms with Crippen LogP contribution in [0.4, 0.5) is 0 Å². The predicted octanol–water partition coefficient (Wildman–Crippen LogP) is 0.712. The largest absolute Gasteiger partial charge is 0.381 e. The molecule has 0 aliphatic heterocycles. The third-order valence-electron chi connectivity index (χ3n) is 0.466. The van der Waals surface area contributed by atoms with Crippen molar-refractivity contribution in [1.29, 1.82) is 0 Å². The zero-order valence-corrected chi connectivity index (χ0v) is 4.81. The maximum absolute atomic E-state index is 8.54. The fraction of sp³-hybridized carbons (Fsp3) is 0.286. The van der Waals surface area contributed by atoms with Gasteiger partial charge in [0.2, 0.25) is 0 Å². The fourth-order valence-electron chi connectivity index (χ4n) is 0.213. The number of aliphatic hydroxyl groups is 1. The normalized spacial score (nSPS) is 10.2. The van der Waals surface area contributed by atoms with Crippen LogP contribution in [0.3, 0.4) is 0 Å². The second-order valence-corrected chi connectivity index (χ2v) is 1.31. The third kappa shape index (κ3) is 5.04. The van der Waals surface area contributed by atoms with E-state index < -0.39 is 6.10 Å². The lowest BCUT2D eigenvalue weighted by molar-refractivity contribution is 0.253. The first-order valence-electron chi connectivity index (χ1n) is 2.31. The monoisotopic (exact) mass is 108 g/mol.